The van der Waals surface area contributed by atoms with Crippen LogP contribution >= 0.6 is 23.4 Å². The van der Waals surface area contributed by atoms with Crippen LogP contribution in [0, 0.1) is 0 Å². The number of halogens is 1. The highest BCUT2D eigenvalue weighted by molar-refractivity contribution is 7.99. The Morgan fingerprint density at radius 3 is 2.88 bits per heavy atom. The fraction of sp³-hybridized carbons (Fsp3) is 0.368. The van der Waals surface area contributed by atoms with E-state index in [1.165, 1.54) is 43.0 Å². The highest BCUT2D eigenvalue weighted by Crippen LogP contribution is 2.26. The zero-order valence-corrected chi connectivity index (χ0v) is 15.5. The van der Waals surface area contributed by atoms with Crippen molar-refractivity contribution in [2.45, 2.75) is 37.3 Å². The Hall–Kier alpha value is -1.72. The standard InChI is InChI=1S/C19H21ClN2O2S/c20-16-8-6-15(7-9-16)17-12-22-19(24-17)25-13-18(23)21-11-10-14-4-2-1-3-5-14/h4,6-9,12H,1-3,5,10-11,13H2,(H,21,23). The largest absolute Gasteiger partial charge is 0.431 e. The molecule has 1 amide bonds. The summed E-state index contributed by atoms with van der Waals surface area (Å²) in [6.45, 7) is 0.701. The van der Waals surface area contributed by atoms with Gasteiger partial charge in [-0.3, -0.25) is 4.79 Å². The van der Waals surface area contributed by atoms with Crippen molar-refractivity contribution in [2.75, 3.05) is 12.3 Å². The predicted molar refractivity (Wildman–Crippen MR) is 102 cm³/mol. The maximum atomic E-state index is 11.9. The van der Waals surface area contributed by atoms with Gasteiger partial charge in [0.15, 0.2) is 5.76 Å². The molecule has 1 N–H and O–H groups in total. The number of aromatic nitrogens is 1. The van der Waals surface area contributed by atoms with Crippen LogP contribution in [0.3, 0.4) is 0 Å². The monoisotopic (exact) mass is 376 g/mol. The number of allylic oxidation sites excluding steroid dienone is 1. The molecule has 0 saturated carbocycles. The molecule has 1 heterocycles. The van der Waals surface area contributed by atoms with E-state index in [0.29, 0.717) is 28.3 Å². The summed E-state index contributed by atoms with van der Waals surface area (Å²) < 4.78 is 5.68. The molecule has 0 bridgehead atoms. The molecule has 1 aromatic carbocycles. The molecule has 1 aliphatic carbocycles. The second kappa shape index (κ2) is 9.11. The highest BCUT2D eigenvalue weighted by Gasteiger charge is 2.10. The molecule has 6 heteroatoms. The SMILES string of the molecule is O=C(CSc1ncc(-c2ccc(Cl)cc2)o1)NCCC1=CCCCC1. The zero-order chi connectivity index (χ0) is 17.5. The number of hydrogen-bond donors (Lipinski definition) is 1. The minimum atomic E-state index is 0.00709. The Morgan fingerprint density at radius 2 is 2.12 bits per heavy atom. The molecule has 0 spiro atoms. The molecule has 2 aromatic rings. The van der Waals surface area contributed by atoms with E-state index in [1.54, 1.807) is 18.3 Å². The molecule has 0 radical (unpaired) electrons. The first-order valence-corrected chi connectivity index (χ1v) is 9.86. The predicted octanol–water partition coefficient (Wildman–Crippen LogP) is 5.09. The van der Waals surface area contributed by atoms with Crippen molar-refractivity contribution in [1.82, 2.24) is 10.3 Å². The van der Waals surface area contributed by atoms with Gasteiger partial charge in [-0.25, -0.2) is 4.98 Å². The molecule has 0 unspecified atom stereocenters. The molecule has 1 aliphatic rings. The first-order chi connectivity index (χ1) is 12.2. The lowest BCUT2D eigenvalue weighted by Gasteiger charge is -2.12. The zero-order valence-electron chi connectivity index (χ0n) is 14.0. The van der Waals surface area contributed by atoms with Crippen molar-refractivity contribution in [3.8, 4) is 11.3 Å². The molecule has 0 atom stereocenters. The molecule has 0 aliphatic heterocycles. The average Bonchev–Trinajstić information content (AvgIpc) is 3.10. The van der Waals surface area contributed by atoms with Crippen LogP contribution in [-0.4, -0.2) is 23.2 Å². The van der Waals surface area contributed by atoms with Crippen molar-refractivity contribution < 1.29 is 9.21 Å². The van der Waals surface area contributed by atoms with Crippen LogP contribution in [0.5, 0.6) is 0 Å². The number of oxazole rings is 1. The second-order valence-corrected chi connectivity index (χ2v) is 7.36. The Kier molecular flexibility index (Phi) is 6.59. The Labute approximate surface area is 157 Å². The number of amides is 1. The summed E-state index contributed by atoms with van der Waals surface area (Å²) in [6.07, 6.45) is 9.86. The van der Waals surface area contributed by atoms with E-state index in [2.05, 4.69) is 16.4 Å². The maximum Gasteiger partial charge on any atom is 0.256 e. The number of carbonyl (C=O) groups excluding carboxylic acids is 1. The Morgan fingerprint density at radius 1 is 1.28 bits per heavy atom. The second-order valence-electron chi connectivity index (χ2n) is 5.99. The fourth-order valence-electron chi connectivity index (χ4n) is 2.74. The van der Waals surface area contributed by atoms with E-state index in [9.17, 15) is 4.79 Å². The summed E-state index contributed by atoms with van der Waals surface area (Å²) in [5.41, 5.74) is 2.38. The third-order valence-electron chi connectivity index (χ3n) is 4.09. The number of rotatable bonds is 7. The van der Waals surface area contributed by atoms with Crippen LogP contribution in [0.2, 0.25) is 5.02 Å². The molecule has 25 heavy (non-hydrogen) atoms. The van der Waals surface area contributed by atoms with Gasteiger partial charge in [-0.15, -0.1) is 0 Å². The summed E-state index contributed by atoms with van der Waals surface area (Å²) in [4.78, 5) is 16.2. The number of hydrogen-bond acceptors (Lipinski definition) is 4. The first kappa shape index (κ1) is 18.1. The number of nitrogens with one attached hydrogen (secondary N) is 1. The van der Waals surface area contributed by atoms with Crippen LogP contribution in [0.25, 0.3) is 11.3 Å². The van der Waals surface area contributed by atoms with Gasteiger partial charge in [-0.2, -0.15) is 0 Å². The molecule has 1 aromatic heterocycles. The lowest BCUT2D eigenvalue weighted by molar-refractivity contribution is -0.118. The first-order valence-electron chi connectivity index (χ1n) is 8.50. The summed E-state index contributed by atoms with van der Waals surface area (Å²) >= 11 is 7.18. The number of carbonyl (C=O) groups is 1. The smallest absolute Gasteiger partial charge is 0.256 e. The summed E-state index contributed by atoms with van der Waals surface area (Å²) in [5, 5.41) is 4.13. The van der Waals surface area contributed by atoms with Crippen molar-refractivity contribution in [3.05, 3.63) is 47.1 Å². The van der Waals surface area contributed by atoms with E-state index < -0.39 is 0 Å². The van der Waals surface area contributed by atoms with E-state index in [1.807, 2.05) is 12.1 Å². The van der Waals surface area contributed by atoms with Gasteiger partial charge in [0, 0.05) is 17.1 Å². The molecular formula is C19H21ClN2O2S. The lowest BCUT2D eigenvalue weighted by atomic mass is 9.97. The number of thioether (sulfide) groups is 1. The Bertz CT molecular complexity index is 740. The third-order valence-corrected chi connectivity index (χ3v) is 5.19. The molecule has 4 nitrogen and oxygen atoms in total. The van der Waals surface area contributed by atoms with Crippen molar-refractivity contribution in [2.24, 2.45) is 0 Å². The molecule has 132 valence electrons. The van der Waals surface area contributed by atoms with Crippen LogP contribution in [0.4, 0.5) is 0 Å². The van der Waals surface area contributed by atoms with Crippen LogP contribution in [0.15, 0.2) is 51.8 Å². The average molecular weight is 377 g/mol. The maximum absolute atomic E-state index is 11.9. The van der Waals surface area contributed by atoms with Gasteiger partial charge in [-0.05, 0) is 56.4 Å². The van der Waals surface area contributed by atoms with Crippen molar-refractivity contribution in [3.63, 3.8) is 0 Å². The van der Waals surface area contributed by atoms with E-state index >= 15 is 0 Å². The Balaban J connectivity index is 1.41. The van der Waals surface area contributed by atoms with Gasteiger partial charge in [0.25, 0.3) is 5.22 Å². The van der Waals surface area contributed by atoms with E-state index in [-0.39, 0.29) is 5.91 Å². The number of benzene rings is 1. The molecular weight excluding hydrogens is 356 g/mol. The topological polar surface area (TPSA) is 55.1 Å². The number of nitrogens with zero attached hydrogens (tertiary/aromatic N) is 1. The minimum absolute atomic E-state index is 0.00709. The molecule has 0 saturated heterocycles. The van der Waals surface area contributed by atoms with Gasteiger partial charge < -0.3 is 9.73 Å². The summed E-state index contributed by atoms with van der Waals surface area (Å²) in [7, 11) is 0. The summed E-state index contributed by atoms with van der Waals surface area (Å²) in [5.74, 6) is 0.982. The third kappa shape index (κ3) is 5.65. The van der Waals surface area contributed by atoms with Gasteiger partial charge in [0.2, 0.25) is 5.91 Å². The van der Waals surface area contributed by atoms with Crippen LogP contribution in [0.1, 0.15) is 32.1 Å². The van der Waals surface area contributed by atoms with Crippen LogP contribution < -0.4 is 5.32 Å². The van der Waals surface area contributed by atoms with Crippen LogP contribution in [-0.2, 0) is 4.79 Å². The fourth-order valence-corrected chi connectivity index (χ4v) is 3.50. The van der Waals surface area contributed by atoms with Gasteiger partial charge in [0.1, 0.15) is 0 Å². The van der Waals surface area contributed by atoms with Gasteiger partial charge >= 0.3 is 0 Å². The van der Waals surface area contributed by atoms with E-state index in [4.69, 9.17) is 16.0 Å². The van der Waals surface area contributed by atoms with E-state index in [0.717, 1.165) is 12.0 Å². The summed E-state index contributed by atoms with van der Waals surface area (Å²) in [6, 6.07) is 7.37. The highest BCUT2D eigenvalue weighted by atomic mass is 35.5. The van der Waals surface area contributed by atoms with Crippen molar-refractivity contribution in [1.29, 1.82) is 0 Å². The van der Waals surface area contributed by atoms with Gasteiger partial charge in [-0.1, -0.05) is 35.0 Å². The van der Waals surface area contributed by atoms with Gasteiger partial charge in [0.05, 0.1) is 11.9 Å². The quantitative estimate of drug-likeness (QED) is 0.540. The minimum Gasteiger partial charge on any atom is -0.431 e. The lowest BCUT2D eigenvalue weighted by Crippen LogP contribution is -2.26. The van der Waals surface area contributed by atoms with Crippen molar-refractivity contribution >= 4 is 29.3 Å². The normalized spacial score (nSPS) is 14.2. The molecule has 3 rings (SSSR count). The molecule has 0 fully saturated rings.